The van der Waals surface area contributed by atoms with Gasteiger partial charge in [0.1, 0.15) is 5.82 Å². The minimum absolute atomic E-state index is 0.301. The molecule has 20 heavy (non-hydrogen) atoms. The molecule has 0 atom stereocenters. The monoisotopic (exact) mass is 289 g/mol. The van der Waals surface area contributed by atoms with Crippen molar-refractivity contribution in [1.82, 2.24) is 9.97 Å². The van der Waals surface area contributed by atoms with Gasteiger partial charge in [-0.05, 0) is 24.6 Å². The fraction of sp³-hybridized carbons (Fsp3) is 0.375. The van der Waals surface area contributed by atoms with Gasteiger partial charge in [0.2, 0.25) is 0 Å². The summed E-state index contributed by atoms with van der Waals surface area (Å²) in [6.07, 6.45) is 1.86. The first-order valence-corrected chi connectivity index (χ1v) is 7.28. The van der Waals surface area contributed by atoms with Gasteiger partial charge in [0.15, 0.2) is 0 Å². The molecular weight excluding hydrogens is 270 g/mol. The van der Waals surface area contributed by atoms with Gasteiger partial charge >= 0.3 is 0 Å². The molecule has 0 radical (unpaired) electrons. The van der Waals surface area contributed by atoms with Crippen molar-refractivity contribution in [3.8, 4) is 0 Å². The van der Waals surface area contributed by atoms with E-state index in [1.807, 2.05) is 19.3 Å². The van der Waals surface area contributed by atoms with E-state index in [0.717, 1.165) is 22.9 Å². The van der Waals surface area contributed by atoms with Gasteiger partial charge in [-0.3, -0.25) is 0 Å². The molecule has 106 valence electrons. The minimum atomic E-state index is 0.301. The molecule has 0 saturated heterocycles. The standard InChI is InChI=1S/C16H20ClN3/c1-11(2)16-18-10-15(14(9-17)19-16)20(4)13-7-5-6-12(3)8-13/h5-8,10-11H,9H2,1-4H3. The molecule has 4 heteroatoms. The summed E-state index contributed by atoms with van der Waals surface area (Å²) in [6.45, 7) is 6.24. The predicted octanol–water partition coefficient (Wildman–Crippen LogP) is 4.42. The van der Waals surface area contributed by atoms with E-state index in [4.69, 9.17) is 11.6 Å². The van der Waals surface area contributed by atoms with Gasteiger partial charge in [0.05, 0.1) is 23.5 Å². The molecule has 0 amide bonds. The zero-order valence-electron chi connectivity index (χ0n) is 12.4. The maximum absolute atomic E-state index is 6.05. The van der Waals surface area contributed by atoms with E-state index in [1.165, 1.54) is 5.56 Å². The van der Waals surface area contributed by atoms with Crippen LogP contribution in [0, 0.1) is 6.92 Å². The fourth-order valence-corrected chi connectivity index (χ4v) is 2.26. The van der Waals surface area contributed by atoms with E-state index in [-0.39, 0.29) is 0 Å². The second-order valence-corrected chi connectivity index (χ2v) is 5.51. The number of rotatable bonds is 4. The highest BCUT2D eigenvalue weighted by Crippen LogP contribution is 2.27. The van der Waals surface area contributed by atoms with Crippen molar-refractivity contribution in [2.75, 3.05) is 11.9 Å². The summed E-state index contributed by atoms with van der Waals surface area (Å²) in [4.78, 5) is 11.1. The molecule has 3 nitrogen and oxygen atoms in total. The second-order valence-electron chi connectivity index (χ2n) is 5.25. The zero-order chi connectivity index (χ0) is 14.7. The lowest BCUT2D eigenvalue weighted by Crippen LogP contribution is -2.14. The molecule has 0 bridgehead atoms. The summed E-state index contributed by atoms with van der Waals surface area (Å²) in [5.74, 6) is 1.52. The highest BCUT2D eigenvalue weighted by atomic mass is 35.5. The highest BCUT2D eigenvalue weighted by Gasteiger charge is 2.13. The Labute approximate surface area is 125 Å². The third kappa shape index (κ3) is 3.10. The number of anilines is 2. The molecular formula is C16H20ClN3. The topological polar surface area (TPSA) is 29.0 Å². The molecule has 1 aromatic heterocycles. The summed E-state index contributed by atoms with van der Waals surface area (Å²) >= 11 is 6.05. The Kier molecular flexibility index (Phi) is 4.61. The average molecular weight is 290 g/mol. The van der Waals surface area contributed by atoms with Crippen LogP contribution in [-0.2, 0) is 5.88 Å². The highest BCUT2D eigenvalue weighted by molar-refractivity contribution is 6.17. The van der Waals surface area contributed by atoms with E-state index >= 15 is 0 Å². The van der Waals surface area contributed by atoms with Gasteiger partial charge < -0.3 is 4.90 Å². The van der Waals surface area contributed by atoms with Crippen molar-refractivity contribution in [2.45, 2.75) is 32.6 Å². The van der Waals surface area contributed by atoms with Gasteiger partial charge in [-0.25, -0.2) is 9.97 Å². The number of hydrogen-bond donors (Lipinski definition) is 0. The van der Waals surface area contributed by atoms with Crippen molar-refractivity contribution in [1.29, 1.82) is 0 Å². The molecule has 0 fully saturated rings. The average Bonchev–Trinajstić information content (AvgIpc) is 2.45. The predicted molar refractivity (Wildman–Crippen MR) is 84.9 cm³/mol. The van der Waals surface area contributed by atoms with E-state index in [9.17, 15) is 0 Å². The maximum Gasteiger partial charge on any atom is 0.131 e. The van der Waals surface area contributed by atoms with E-state index in [2.05, 4.69) is 53.8 Å². The molecule has 1 heterocycles. The lowest BCUT2D eigenvalue weighted by atomic mass is 10.2. The molecule has 0 spiro atoms. The van der Waals surface area contributed by atoms with Crippen molar-refractivity contribution in [3.05, 3.63) is 47.5 Å². The quantitative estimate of drug-likeness (QED) is 0.781. The molecule has 0 N–H and O–H groups in total. The first-order chi connectivity index (χ1) is 9.52. The van der Waals surface area contributed by atoms with Crippen LogP contribution < -0.4 is 4.90 Å². The van der Waals surface area contributed by atoms with Gasteiger partial charge in [0, 0.05) is 18.7 Å². The number of benzene rings is 1. The zero-order valence-corrected chi connectivity index (χ0v) is 13.1. The molecule has 1 aromatic carbocycles. The molecule has 0 aliphatic heterocycles. The normalized spacial score (nSPS) is 10.9. The van der Waals surface area contributed by atoms with Crippen LogP contribution in [0.15, 0.2) is 30.5 Å². The van der Waals surface area contributed by atoms with Crippen LogP contribution >= 0.6 is 11.6 Å². The van der Waals surface area contributed by atoms with Crippen molar-refractivity contribution in [3.63, 3.8) is 0 Å². The van der Waals surface area contributed by atoms with Gasteiger partial charge in [0.25, 0.3) is 0 Å². The van der Waals surface area contributed by atoms with Crippen LogP contribution in [0.25, 0.3) is 0 Å². The Hall–Kier alpha value is -1.61. The van der Waals surface area contributed by atoms with Crippen LogP contribution in [0.5, 0.6) is 0 Å². The first-order valence-electron chi connectivity index (χ1n) is 6.75. The van der Waals surface area contributed by atoms with E-state index in [0.29, 0.717) is 11.8 Å². The van der Waals surface area contributed by atoms with Gasteiger partial charge in [-0.15, -0.1) is 11.6 Å². The number of hydrogen-bond acceptors (Lipinski definition) is 3. The van der Waals surface area contributed by atoms with Crippen molar-refractivity contribution < 1.29 is 0 Å². The summed E-state index contributed by atoms with van der Waals surface area (Å²) in [5.41, 5.74) is 4.16. The largest absolute Gasteiger partial charge is 0.342 e. The molecule has 2 rings (SSSR count). The van der Waals surface area contributed by atoms with Gasteiger partial charge in [-0.1, -0.05) is 26.0 Å². The molecule has 0 saturated carbocycles. The van der Waals surface area contributed by atoms with Crippen LogP contribution in [-0.4, -0.2) is 17.0 Å². The minimum Gasteiger partial charge on any atom is -0.342 e. The number of aryl methyl sites for hydroxylation is 1. The van der Waals surface area contributed by atoms with Crippen molar-refractivity contribution >= 4 is 23.0 Å². The number of nitrogens with zero attached hydrogens (tertiary/aromatic N) is 3. The Morgan fingerprint density at radius 1 is 1.30 bits per heavy atom. The van der Waals surface area contributed by atoms with Gasteiger partial charge in [-0.2, -0.15) is 0 Å². The smallest absolute Gasteiger partial charge is 0.131 e. The number of aromatic nitrogens is 2. The number of alkyl halides is 1. The molecule has 2 aromatic rings. The third-order valence-electron chi connectivity index (χ3n) is 3.26. The third-order valence-corrected chi connectivity index (χ3v) is 3.51. The lowest BCUT2D eigenvalue weighted by Gasteiger charge is -2.22. The first kappa shape index (κ1) is 14.8. The molecule has 0 aliphatic rings. The lowest BCUT2D eigenvalue weighted by molar-refractivity contribution is 0.763. The fourth-order valence-electron chi connectivity index (χ4n) is 2.06. The summed E-state index contributed by atoms with van der Waals surface area (Å²) in [7, 11) is 2.01. The Morgan fingerprint density at radius 2 is 2.05 bits per heavy atom. The Bertz CT molecular complexity index is 596. The Balaban J connectivity index is 2.41. The number of halogens is 1. The molecule has 0 unspecified atom stereocenters. The van der Waals surface area contributed by atoms with Crippen LogP contribution in [0.1, 0.15) is 36.8 Å². The molecule has 0 aliphatic carbocycles. The summed E-state index contributed by atoms with van der Waals surface area (Å²) in [6, 6.07) is 8.33. The van der Waals surface area contributed by atoms with E-state index < -0.39 is 0 Å². The van der Waals surface area contributed by atoms with Crippen molar-refractivity contribution in [2.24, 2.45) is 0 Å². The second kappa shape index (κ2) is 6.23. The van der Waals surface area contributed by atoms with Crippen LogP contribution in [0.2, 0.25) is 0 Å². The van der Waals surface area contributed by atoms with Crippen LogP contribution in [0.4, 0.5) is 11.4 Å². The van der Waals surface area contributed by atoms with E-state index in [1.54, 1.807) is 0 Å². The summed E-state index contributed by atoms with van der Waals surface area (Å²) < 4.78 is 0. The maximum atomic E-state index is 6.05. The van der Waals surface area contributed by atoms with Crippen LogP contribution in [0.3, 0.4) is 0 Å². The SMILES string of the molecule is Cc1cccc(N(C)c2cnc(C(C)C)nc2CCl)c1. The summed E-state index contributed by atoms with van der Waals surface area (Å²) in [5, 5.41) is 0. The Morgan fingerprint density at radius 3 is 2.65 bits per heavy atom.